The average molecular weight is 369 g/mol. The lowest BCUT2D eigenvalue weighted by atomic mass is 9.76. The highest BCUT2D eigenvalue weighted by Gasteiger charge is 2.48. The molecule has 132 valence electrons. The Morgan fingerprint density at radius 3 is 2.88 bits per heavy atom. The number of amides is 3. The van der Waals surface area contributed by atoms with E-state index >= 15 is 0 Å². The van der Waals surface area contributed by atoms with E-state index in [0.29, 0.717) is 37.4 Å². The van der Waals surface area contributed by atoms with Crippen LogP contribution in [0, 0.1) is 0 Å². The second kappa shape index (κ2) is 5.60. The lowest BCUT2D eigenvalue weighted by Gasteiger charge is -2.33. The number of nitrogens with zero attached hydrogens (tertiary/aromatic N) is 3. The fourth-order valence-corrected chi connectivity index (χ4v) is 4.50. The van der Waals surface area contributed by atoms with Gasteiger partial charge in [0.2, 0.25) is 11.7 Å². The van der Waals surface area contributed by atoms with Crippen molar-refractivity contribution in [3.8, 4) is 11.4 Å². The maximum Gasteiger partial charge on any atom is 0.322 e. The van der Waals surface area contributed by atoms with E-state index in [-0.39, 0.29) is 11.8 Å². The molecule has 8 nitrogen and oxygen atoms in total. The SMILES string of the molecule is O=C1NC(=O)C2(CCC(c3nc(-c4cnc5ccsc5c4)no3)CC2)N1. The normalized spacial score (nSPS) is 25.6. The first-order valence-corrected chi connectivity index (χ1v) is 9.32. The van der Waals surface area contributed by atoms with E-state index in [2.05, 4.69) is 25.8 Å². The molecule has 0 aromatic carbocycles. The lowest BCUT2D eigenvalue weighted by molar-refractivity contribution is -0.125. The zero-order valence-corrected chi connectivity index (χ0v) is 14.5. The molecule has 0 bridgehead atoms. The molecule has 0 radical (unpaired) electrons. The average Bonchev–Trinajstić information content (AvgIpc) is 3.35. The number of urea groups is 1. The molecule has 0 unspecified atom stereocenters. The molecule has 9 heteroatoms. The van der Waals surface area contributed by atoms with Gasteiger partial charge in [0.15, 0.2) is 0 Å². The van der Waals surface area contributed by atoms with Gasteiger partial charge in [0.05, 0.1) is 10.2 Å². The maximum atomic E-state index is 12.0. The van der Waals surface area contributed by atoms with Crippen molar-refractivity contribution in [1.29, 1.82) is 0 Å². The Bertz CT molecular complexity index is 1020. The first-order valence-electron chi connectivity index (χ1n) is 8.44. The molecule has 26 heavy (non-hydrogen) atoms. The molecule has 4 heterocycles. The van der Waals surface area contributed by atoms with Gasteiger partial charge in [0.25, 0.3) is 5.91 Å². The summed E-state index contributed by atoms with van der Waals surface area (Å²) in [6.45, 7) is 0. The van der Waals surface area contributed by atoms with Crippen molar-refractivity contribution >= 4 is 33.5 Å². The molecular formula is C17H15N5O3S. The molecule has 2 N–H and O–H groups in total. The highest BCUT2D eigenvalue weighted by atomic mass is 32.1. The van der Waals surface area contributed by atoms with E-state index in [1.165, 1.54) is 0 Å². The number of hydrogen-bond acceptors (Lipinski definition) is 7. The number of carbonyl (C=O) groups is 2. The summed E-state index contributed by atoms with van der Waals surface area (Å²) in [4.78, 5) is 32.4. The zero-order chi connectivity index (χ0) is 17.7. The Morgan fingerprint density at radius 2 is 2.12 bits per heavy atom. The van der Waals surface area contributed by atoms with Gasteiger partial charge in [-0.25, -0.2) is 4.79 Å². The number of pyridine rings is 1. The molecule has 1 aliphatic carbocycles. The summed E-state index contributed by atoms with van der Waals surface area (Å²) in [5.74, 6) is 0.953. The van der Waals surface area contributed by atoms with Gasteiger partial charge in [0.1, 0.15) is 5.54 Å². The topological polar surface area (TPSA) is 110 Å². The van der Waals surface area contributed by atoms with Crippen LogP contribution in [0.1, 0.15) is 37.5 Å². The third-order valence-electron chi connectivity index (χ3n) is 5.21. The standard InChI is InChI=1S/C17H15N5O3S/c23-15-17(21-16(24)20-15)4-1-9(2-5-17)14-19-13(22-25-14)10-7-12-11(18-8-10)3-6-26-12/h3,6-9H,1-2,4-5H2,(H2,20,21,23,24). The molecule has 1 saturated carbocycles. The van der Waals surface area contributed by atoms with E-state index in [0.717, 1.165) is 15.8 Å². The number of hydrogen-bond donors (Lipinski definition) is 2. The van der Waals surface area contributed by atoms with E-state index in [4.69, 9.17) is 4.52 Å². The molecule has 1 spiro atoms. The van der Waals surface area contributed by atoms with E-state index in [1.54, 1.807) is 17.5 Å². The van der Waals surface area contributed by atoms with Gasteiger partial charge >= 0.3 is 6.03 Å². The van der Waals surface area contributed by atoms with Crippen molar-refractivity contribution in [3.63, 3.8) is 0 Å². The first kappa shape index (κ1) is 15.4. The van der Waals surface area contributed by atoms with Crippen LogP contribution < -0.4 is 10.6 Å². The van der Waals surface area contributed by atoms with Crippen LogP contribution >= 0.6 is 11.3 Å². The summed E-state index contributed by atoms with van der Waals surface area (Å²) in [7, 11) is 0. The first-order chi connectivity index (χ1) is 12.6. The Kier molecular flexibility index (Phi) is 3.33. The second-order valence-corrected chi connectivity index (χ2v) is 7.70. The number of nitrogens with one attached hydrogen (secondary N) is 2. The summed E-state index contributed by atoms with van der Waals surface area (Å²) in [5, 5.41) is 11.2. The van der Waals surface area contributed by atoms with Crippen LogP contribution in [-0.2, 0) is 4.79 Å². The third-order valence-corrected chi connectivity index (χ3v) is 6.06. The van der Waals surface area contributed by atoms with Crippen LogP contribution in [0.3, 0.4) is 0 Å². The Hall–Kier alpha value is -2.81. The smallest absolute Gasteiger partial charge is 0.322 e. The summed E-state index contributed by atoms with van der Waals surface area (Å²) < 4.78 is 6.56. The van der Waals surface area contributed by atoms with Crippen LogP contribution in [-0.4, -0.2) is 32.6 Å². The second-order valence-electron chi connectivity index (χ2n) is 6.75. The highest BCUT2D eigenvalue weighted by Crippen LogP contribution is 2.39. The lowest BCUT2D eigenvalue weighted by Crippen LogP contribution is -2.49. The van der Waals surface area contributed by atoms with Crippen LogP contribution in [0.15, 0.2) is 28.2 Å². The van der Waals surface area contributed by atoms with Gasteiger partial charge in [-0.2, -0.15) is 4.98 Å². The fourth-order valence-electron chi connectivity index (χ4n) is 3.72. The summed E-state index contributed by atoms with van der Waals surface area (Å²) >= 11 is 1.62. The fraction of sp³-hybridized carbons (Fsp3) is 0.353. The summed E-state index contributed by atoms with van der Waals surface area (Å²) in [5.41, 5.74) is 1.01. The number of carbonyl (C=O) groups excluding carboxylic acids is 2. The van der Waals surface area contributed by atoms with Gasteiger partial charge < -0.3 is 9.84 Å². The minimum atomic E-state index is -0.773. The Balaban J connectivity index is 1.34. The number of thiophene rings is 1. The minimum Gasteiger partial charge on any atom is -0.339 e. The molecule has 5 rings (SSSR count). The van der Waals surface area contributed by atoms with Crippen molar-refractivity contribution in [1.82, 2.24) is 25.8 Å². The number of aromatic nitrogens is 3. The zero-order valence-electron chi connectivity index (χ0n) is 13.7. The van der Waals surface area contributed by atoms with Crippen molar-refractivity contribution in [2.24, 2.45) is 0 Å². The van der Waals surface area contributed by atoms with Gasteiger partial charge in [-0.05, 0) is 43.2 Å². The summed E-state index contributed by atoms with van der Waals surface area (Å²) in [6, 6.07) is 3.57. The monoisotopic (exact) mass is 369 g/mol. The molecule has 1 aliphatic heterocycles. The molecule has 3 aromatic heterocycles. The predicted octanol–water partition coefficient (Wildman–Crippen LogP) is 2.58. The number of imide groups is 1. The van der Waals surface area contributed by atoms with Gasteiger partial charge in [0, 0.05) is 17.7 Å². The van der Waals surface area contributed by atoms with E-state index in [9.17, 15) is 9.59 Å². The van der Waals surface area contributed by atoms with Crippen molar-refractivity contribution in [2.45, 2.75) is 37.1 Å². The van der Waals surface area contributed by atoms with Crippen LogP contribution in [0.4, 0.5) is 4.79 Å². The van der Waals surface area contributed by atoms with Crippen LogP contribution in [0.25, 0.3) is 21.6 Å². The third kappa shape index (κ3) is 2.38. The van der Waals surface area contributed by atoms with Gasteiger partial charge in [-0.1, -0.05) is 5.16 Å². The molecule has 2 aliphatic rings. The molecular weight excluding hydrogens is 354 g/mol. The number of rotatable bonds is 2. The molecule has 3 aromatic rings. The molecule has 2 fully saturated rings. The van der Waals surface area contributed by atoms with Crippen molar-refractivity contribution in [3.05, 3.63) is 29.6 Å². The van der Waals surface area contributed by atoms with Crippen LogP contribution in [0.5, 0.6) is 0 Å². The predicted molar refractivity (Wildman–Crippen MR) is 93.5 cm³/mol. The Labute approximate surface area is 152 Å². The molecule has 1 saturated heterocycles. The van der Waals surface area contributed by atoms with E-state index < -0.39 is 11.6 Å². The molecule has 3 amide bonds. The minimum absolute atomic E-state index is 0.0885. The quantitative estimate of drug-likeness (QED) is 0.672. The summed E-state index contributed by atoms with van der Waals surface area (Å²) in [6.07, 6.45) is 4.29. The van der Waals surface area contributed by atoms with E-state index in [1.807, 2.05) is 17.5 Å². The maximum absolute atomic E-state index is 12.0. The van der Waals surface area contributed by atoms with Gasteiger partial charge in [-0.15, -0.1) is 11.3 Å². The largest absolute Gasteiger partial charge is 0.339 e. The number of fused-ring (bicyclic) bond motifs is 1. The van der Waals surface area contributed by atoms with Crippen molar-refractivity contribution < 1.29 is 14.1 Å². The highest BCUT2D eigenvalue weighted by molar-refractivity contribution is 7.17. The van der Waals surface area contributed by atoms with Crippen LogP contribution in [0.2, 0.25) is 0 Å². The van der Waals surface area contributed by atoms with Gasteiger partial charge in [-0.3, -0.25) is 15.1 Å². The van der Waals surface area contributed by atoms with Crippen molar-refractivity contribution in [2.75, 3.05) is 0 Å². The molecule has 0 atom stereocenters. The Morgan fingerprint density at radius 1 is 1.27 bits per heavy atom.